The standard InChI is InChI=1S/C17H19ClN2O4/c18-13-8-11(9-14-16(13)24-7-6-23-14)3-4-15(21)20-5-1-2-12(10-20)17(19)22/h3-4,8-9,12H,1-2,5-7,10H2,(H2,19,22). The number of halogens is 1. The first-order chi connectivity index (χ1) is 11.5. The molecule has 2 aliphatic heterocycles. The predicted molar refractivity (Wildman–Crippen MR) is 90.0 cm³/mol. The molecule has 1 fully saturated rings. The topological polar surface area (TPSA) is 81.9 Å². The Kier molecular flexibility index (Phi) is 4.94. The van der Waals surface area contributed by atoms with Gasteiger partial charge in [0, 0.05) is 19.2 Å². The van der Waals surface area contributed by atoms with E-state index in [9.17, 15) is 9.59 Å². The quantitative estimate of drug-likeness (QED) is 0.843. The van der Waals surface area contributed by atoms with Crippen molar-refractivity contribution in [3.8, 4) is 11.5 Å². The van der Waals surface area contributed by atoms with Gasteiger partial charge in [-0.05, 0) is 36.6 Å². The third kappa shape index (κ3) is 3.64. The summed E-state index contributed by atoms with van der Waals surface area (Å²) in [7, 11) is 0. The average Bonchev–Trinajstić information content (AvgIpc) is 2.60. The van der Waals surface area contributed by atoms with Crippen LogP contribution in [-0.2, 0) is 9.59 Å². The lowest BCUT2D eigenvalue weighted by Crippen LogP contribution is -2.43. The molecule has 1 aromatic rings. The maximum Gasteiger partial charge on any atom is 0.246 e. The first-order valence-corrected chi connectivity index (χ1v) is 8.28. The Morgan fingerprint density at radius 2 is 2.08 bits per heavy atom. The fraction of sp³-hybridized carbons (Fsp3) is 0.412. The highest BCUT2D eigenvalue weighted by Crippen LogP contribution is 2.38. The summed E-state index contributed by atoms with van der Waals surface area (Å²) < 4.78 is 11.0. The van der Waals surface area contributed by atoms with E-state index in [1.54, 1.807) is 23.1 Å². The summed E-state index contributed by atoms with van der Waals surface area (Å²) >= 11 is 6.18. The number of amides is 2. The van der Waals surface area contributed by atoms with Crippen molar-refractivity contribution >= 4 is 29.5 Å². The third-order valence-corrected chi connectivity index (χ3v) is 4.45. The van der Waals surface area contributed by atoms with Crippen LogP contribution in [0.3, 0.4) is 0 Å². The maximum absolute atomic E-state index is 12.3. The van der Waals surface area contributed by atoms with Crippen LogP contribution >= 0.6 is 11.6 Å². The van der Waals surface area contributed by atoms with Gasteiger partial charge in [-0.2, -0.15) is 0 Å². The van der Waals surface area contributed by atoms with Crippen LogP contribution in [0, 0.1) is 5.92 Å². The van der Waals surface area contributed by atoms with E-state index in [0.717, 1.165) is 18.4 Å². The molecule has 0 radical (unpaired) electrons. The Morgan fingerprint density at radius 3 is 2.88 bits per heavy atom. The van der Waals surface area contributed by atoms with Crippen LogP contribution in [0.15, 0.2) is 18.2 Å². The van der Waals surface area contributed by atoms with E-state index in [1.165, 1.54) is 6.08 Å². The van der Waals surface area contributed by atoms with Gasteiger partial charge in [-0.1, -0.05) is 11.6 Å². The van der Waals surface area contributed by atoms with Crippen LogP contribution in [-0.4, -0.2) is 43.0 Å². The third-order valence-electron chi connectivity index (χ3n) is 4.17. The van der Waals surface area contributed by atoms with E-state index >= 15 is 0 Å². The molecule has 6 nitrogen and oxygen atoms in total. The zero-order valence-corrected chi connectivity index (χ0v) is 13.9. The van der Waals surface area contributed by atoms with E-state index in [4.69, 9.17) is 26.8 Å². The number of likely N-dealkylation sites (tertiary alicyclic amines) is 1. The maximum atomic E-state index is 12.3. The van der Waals surface area contributed by atoms with Crippen LogP contribution in [0.4, 0.5) is 0 Å². The number of primary amides is 1. The Morgan fingerprint density at radius 1 is 1.29 bits per heavy atom. The van der Waals surface area contributed by atoms with Crippen molar-refractivity contribution in [3.63, 3.8) is 0 Å². The molecule has 2 heterocycles. The van der Waals surface area contributed by atoms with Crippen molar-refractivity contribution in [2.75, 3.05) is 26.3 Å². The summed E-state index contributed by atoms with van der Waals surface area (Å²) in [6, 6.07) is 3.51. The minimum Gasteiger partial charge on any atom is -0.486 e. The largest absolute Gasteiger partial charge is 0.486 e. The van der Waals surface area contributed by atoms with E-state index in [0.29, 0.717) is 42.8 Å². The van der Waals surface area contributed by atoms with Crippen molar-refractivity contribution in [3.05, 3.63) is 28.8 Å². The smallest absolute Gasteiger partial charge is 0.246 e. The minimum absolute atomic E-state index is 0.146. The molecule has 24 heavy (non-hydrogen) atoms. The minimum atomic E-state index is -0.352. The fourth-order valence-corrected chi connectivity index (χ4v) is 3.18. The number of hydrogen-bond acceptors (Lipinski definition) is 4. The molecule has 3 rings (SSSR count). The summed E-state index contributed by atoms with van der Waals surface area (Å²) in [5, 5.41) is 0.450. The summed E-state index contributed by atoms with van der Waals surface area (Å²) in [5.74, 6) is 0.348. The molecular formula is C17H19ClN2O4. The van der Waals surface area contributed by atoms with Crippen LogP contribution in [0.5, 0.6) is 11.5 Å². The first-order valence-electron chi connectivity index (χ1n) is 7.90. The molecule has 1 aromatic carbocycles. The molecule has 2 N–H and O–H groups in total. The molecular weight excluding hydrogens is 332 g/mol. The lowest BCUT2D eigenvalue weighted by Gasteiger charge is -2.30. The van der Waals surface area contributed by atoms with E-state index in [2.05, 4.69) is 0 Å². The summed E-state index contributed by atoms with van der Waals surface area (Å²) in [5.41, 5.74) is 6.09. The van der Waals surface area contributed by atoms with Gasteiger partial charge in [-0.15, -0.1) is 0 Å². The zero-order chi connectivity index (χ0) is 17.1. The molecule has 1 atom stereocenters. The van der Waals surface area contributed by atoms with Gasteiger partial charge < -0.3 is 20.1 Å². The second-order valence-corrected chi connectivity index (χ2v) is 6.29. The van der Waals surface area contributed by atoms with Crippen LogP contribution in [0.1, 0.15) is 18.4 Å². The molecule has 2 aliphatic rings. The summed E-state index contributed by atoms with van der Waals surface area (Å²) in [6.07, 6.45) is 4.68. The van der Waals surface area contributed by atoms with E-state index in [1.807, 2.05) is 0 Å². The number of rotatable bonds is 3. The molecule has 0 saturated carbocycles. The van der Waals surface area contributed by atoms with Gasteiger partial charge in [-0.3, -0.25) is 9.59 Å². The van der Waals surface area contributed by atoms with Gasteiger partial charge in [0.25, 0.3) is 0 Å². The Labute approximate surface area is 145 Å². The Balaban J connectivity index is 1.70. The van der Waals surface area contributed by atoms with Crippen LogP contribution < -0.4 is 15.2 Å². The van der Waals surface area contributed by atoms with Crippen molar-refractivity contribution < 1.29 is 19.1 Å². The second kappa shape index (κ2) is 7.13. The van der Waals surface area contributed by atoms with Crippen molar-refractivity contribution in [1.82, 2.24) is 4.90 Å². The number of nitrogens with two attached hydrogens (primary N) is 1. The molecule has 2 amide bonds. The molecule has 0 aliphatic carbocycles. The van der Waals surface area contributed by atoms with Crippen molar-refractivity contribution in [2.24, 2.45) is 11.7 Å². The SMILES string of the molecule is NC(=O)C1CCCN(C(=O)C=Cc2cc(Cl)c3c(c2)OCCO3)C1. The number of fused-ring (bicyclic) bond motifs is 1. The summed E-state index contributed by atoms with van der Waals surface area (Å²) in [4.78, 5) is 25.3. The lowest BCUT2D eigenvalue weighted by molar-refractivity contribution is -0.130. The number of hydrogen-bond donors (Lipinski definition) is 1. The number of piperidine rings is 1. The monoisotopic (exact) mass is 350 g/mol. The average molecular weight is 351 g/mol. The highest BCUT2D eigenvalue weighted by molar-refractivity contribution is 6.32. The number of ether oxygens (including phenoxy) is 2. The molecule has 7 heteroatoms. The molecule has 0 bridgehead atoms. The molecule has 0 spiro atoms. The molecule has 1 unspecified atom stereocenters. The van der Waals surface area contributed by atoms with Gasteiger partial charge in [0.1, 0.15) is 13.2 Å². The normalized spacial score (nSPS) is 20.2. The summed E-state index contributed by atoms with van der Waals surface area (Å²) in [6.45, 7) is 1.95. The highest BCUT2D eigenvalue weighted by Gasteiger charge is 2.25. The number of benzene rings is 1. The van der Waals surface area contributed by atoms with Gasteiger partial charge in [0.05, 0.1) is 10.9 Å². The van der Waals surface area contributed by atoms with Gasteiger partial charge in [0.2, 0.25) is 11.8 Å². The second-order valence-electron chi connectivity index (χ2n) is 5.89. The lowest BCUT2D eigenvalue weighted by atomic mass is 9.97. The van der Waals surface area contributed by atoms with Crippen LogP contribution in [0.25, 0.3) is 6.08 Å². The van der Waals surface area contributed by atoms with Crippen molar-refractivity contribution in [2.45, 2.75) is 12.8 Å². The van der Waals surface area contributed by atoms with Crippen molar-refractivity contribution in [1.29, 1.82) is 0 Å². The van der Waals surface area contributed by atoms with Gasteiger partial charge in [-0.25, -0.2) is 0 Å². The molecule has 0 aromatic heterocycles. The van der Waals surface area contributed by atoms with Gasteiger partial charge in [0.15, 0.2) is 11.5 Å². The predicted octanol–water partition coefficient (Wildman–Crippen LogP) is 1.85. The van der Waals surface area contributed by atoms with E-state index in [-0.39, 0.29) is 17.7 Å². The Bertz CT molecular complexity index is 689. The molecule has 128 valence electrons. The number of carbonyl (C=O) groups is 2. The van der Waals surface area contributed by atoms with Gasteiger partial charge >= 0.3 is 0 Å². The fourth-order valence-electron chi connectivity index (χ4n) is 2.91. The highest BCUT2D eigenvalue weighted by atomic mass is 35.5. The van der Waals surface area contributed by atoms with E-state index < -0.39 is 0 Å². The number of nitrogens with zero attached hydrogens (tertiary/aromatic N) is 1. The Hall–Kier alpha value is -2.21. The zero-order valence-electron chi connectivity index (χ0n) is 13.2. The first kappa shape index (κ1) is 16.6. The van der Waals surface area contributed by atoms with Crippen LogP contribution in [0.2, 0.25) is 5.02 Å². The molecule has 1 saturated heterocycles. The number of carbonyl (C=O) groups excluding carboxylic acids is 2.